The zero-order valence-corrected chi connectivity index (χ0v) is 17.0. The van der Waals surface area contributed by atoms with Gasteiger partial charge in [0.2, 0.25) is 5.91 Å². The molecule has 0 saturated carbocycles. The molecule has 0 bridgehead atoms. The predicted octanol–water partition coefficient (Wildman–Crippen LogP) is 5.21. The van der Waals surface area contributed by atoms with Gasteiger partial charge in [-0.25, -0.2) is 0 Å². The third kappa shape index (κ3) is 5.95. The molecule has 2 aromatic carbocycles. The van der Waals surface area contributed by atoms with Gasteiger partial charge < -0.3 is 20.1 Å². The summed E-state index contributed by atoms with van der Waals surface area (Å²) in [6, 6.07) is 11.6. The van der Waals surface area contributed by atoms with Crippen LogP contribution in [0.25, 0.3) is 0 Å². The molecule has 2 rings (SSSR count). The summed E-state index contributed by atoms with van der Waals surface area (Å²) in [7, 11) is 0. The second-order valence-corrected chi connectivity index (χ2v) is 6.64. The predicted molar refractivity (Wildman–Crippen MR) is 109 cm³/mol. The maximum absolute atomic E-state index is 11.1. The first-order chi connectivity index (χ1) is 12.5. The van der Waals surface area contributed by atoms with E-state index in [0.717, 1.165) is 39.3 Å². The molecule has 2 aromatic rings. The molecule has 0 heterocycles. The van der Waals surface area contributed by atoms with E-state index in [1.54, 1.807) is 0 Å². The summed E-state index contributed by atoms with van der Waals surface area (Å²) < 4.78 is 12.5. The van der Waals surface area contributed by atoms with Crippen molar-refractivity contribution in [2.24, 2.45) is 0 Å². The third-order valence-corrected chi connectivity index (χ3v) is 4.30. The van der Waals surface area contributed by atoms with Gasteiger partial charge in [-0.3, -0.25) is 4.79 Å². The van der Waals surface area contributed by atoms with Crippen molar-refractivity contribution in [3.8, 4) is 11.5 Å². The Morgan fingerprint density at radius 2 is 1.69 bits per heavy atom. The fraction of sp³-hybridized carbons (Fsp3) is 0.350. The van der Waals surface area contributed by atoms with E-state index < -0.39 is 0 Å². The molecular formula is C20H25BrN2O3. The molecule has 0 saturated heterocycles. The van der Waals surface area contributed by atoms with Gasteiger partial charge in [0.25, 0.3) is 0 Å². The summed E-state index contributed by atoms with van der Waals surface area (Å²) in [6.07, 6.45) is 0.945. The lowest BCUT2D eigenvalue weighted by Gasteiger charge is -2.15. The second kappa shape index (κ2) is 10.1. The molecule has 1 amide bonds. The van der Waals surface area contributed by atoms with Gasteiger partial charge in [0.15, 0.2) is 11.5 Å². The Morgan fingerprint density at radius 1 is 1.04 bits per heavy atom. The molecule has 26 heavy (non-hydrogen) atoms. The van der Waals surface area contributed by atoms with Crippen molar-refractivity contribution in [2.45, 2.75) is 33.7 Å². The summed E-state index contributed by atoms with van der Waals surface area (Å²) in [5.74, 6) is 1.43. The fourth-order valence-electron chi connectivity index (χ4n) is 2.38. The van der Waals surface area contributed by atoms with Crippen LogP contribution in [0, 0.1) is 0 Å². The van der Waals surface area contributed by atoms with E-state index in [1.807, 2.05) is 43.3 Å². The molecule has 5 nitrogen and oxygen atoms in total. The average Bonchev–Trinajstić information content (AvgIpc) is 2.61. The molecular weight excluding hydrogens is 396 g/mol. The van der Waals surface area contributed by atoms with Crippen molar-refractivity contribution in [2.75, 3.05) is 23.8 Å². The van der Waals surface area contributed by atoms with Crippen LogP contribution in [0.2, 0.25) is 0 Å². The fourth-order valence-corrected chi connectivity index (χ4v) is 2.84. The van der Waals surface area contributed by atoms with E-state index in [9.17, 15) is 4.79 Å². The van der Waals surface area contributed by atoms with Crippen LogP contribution >= 0.6 is 15.9 Å². The van der Waals surface area contributed by atoms with Gasteiger partial charge in [-0.1, -0.05) is 22.9 Å². The lowest BCUT2D eigenvalue weighted by atomic mass is 10.2. The largest absolute Gasteiger partial charge is 0.490 e. The number of ether oxygens (including phenoxy) is 2. The number of benzene rings is 2. The number of halogens is 1. The van der Waals surface area contributed by atoms with E-state index in [0.29, 0.717) is 19.8 Å². The Labute approximate surface area is 163 Å². The number of anilines is 2. The van der Waals surface area contributed by atoms with E-state index >= 15 is 0 Å². The van der Waals surface area contributed by atoms with Crippen molar-refractivity contribution in [1.29, 1.82) is 0 Å². The minimum atomic E-state index is -0.0801. The molecule has 2 N–H and O–H groups in total. The first-order valence-electron chi connectivity index (χ1n) is 8.73. The first-order valence-corrected chi connectivity index (χ1v) is 9.52. The van der Waals surface area contributed by atoms with Crippen LogP contribution in [0.3, 0.4) is 0 Å². The van der Waals surface area contributed by atoms with Gasteiger partial charge in [-0.05, 0) is 55.3 Å². The lowest BCUT2D eigenvalue weighted by molar-refractivity contribution is -0.114. The molecule has 0 spiro atoms. The van der Waals surface area contributed by atoms with Gasteiger partial charge in [-0.15, -0.1) is 0 Å². The molecule has 0 aliphatic rings. The highest BCUT2D eigenvalue weighted by Gasteiger charge is 2.11. The normalized spacial score (nSPS) is 10.3. The molecule has 0 atom stereocenters. The summed E-state index contributed by atoms with van der Waals surface area (Å²) in [4.78, 5) is 11.1. The Kier molecular flexibility index (Phi) is 7.78. The summed E-state index contributed by atoms with van der Waals surface area (Å²) in [5, 5.41) is 6.13. The Morgan fingerprint density at radius 3 is 2.31 bits per heavy atom. The Bertz CT molecular complexity index is 733. The maximum Gasteiger partial charge on any atom is 0.221 e. The van der Waals surface area contributed by atoms with Crippen molar-refractivity contribution >= 4 is 33.2 Å². The average molecular weight is 421 g/mol. The highest BCUT2D eigenvalue weighted by molar-refractivity contribution is 9.10. The summed E-state index contributed by atoms with van der Waals surface area (Å²) >= 11 is 3.61. The molecule has 0 fully saturated rings. The van der Waals surface area contributed by atoms with Crippen LogP contribution in [-0.4, -0.2) is 19.1 Å². The first kappa shape index (κ1) is 20.1. The molecule has 140 valence electrons. The van der Waals surface area contributed by atoms with E-state index in [-0.39, 0.29) is 5.91 Å². The molecule has 0 aliphatic heterocycles. The van der Waals surface area contributed by atoms with Crippen molar-refractivity contribution in [3.63, 3.8) is 0 Å². The van der Waals surface area contributed by atoms with Gasteiger partial charge in [0.05, 0.1) is 13.2 Å². The number of hydrogen-bond donors (Lipinski definition) is 2. The van der Waals surface area contributed by atoms with Crippen LogP contribution in [0.15, 0.2) is 40.9 Å². The molecule has 0 aliphatic carbocycles. The van der Waals surface area contributed by atoms with Gasteiger partial charge >= 0.3 is 0 Å². The standard InChI is InChI=1S/C20H25BrN2O3/c1-4-10-26-20-12-18(21)15(11-19(20)25-5-2)13-22-16-6-8-17(9-7-16)23-14(3)24/h6-9,11-12,22H,4-5,10,13H2,1-3H3,(H,23,24). The second-order valence-electron chi connectivity index (χ2n) is 5.78. The lowest BCUT2D eigenvalue weighted by Crippen LogP contribution is -2.06. The summed E-state index contributed by atoms with van der Waals surface area (Å²) in [6.45, 7) is 7.40. The highest BCUT2D eigenvalue weighted by Crippen LogP contribution is 2.34. The van der Waals surface area contributed by atoms with Gasteiger partial charge in [0, 0.05) is 29.3 Å². The highest BCUT2D eigenvalue weighted by atomic mass is 79.9. The van der Waals surface area contributed by atoms with Crippen molar-refractivity contribution < 1.29 is 14.3 Å². The zero-order valence-electron chi connectivity index (χ0n) is 15.4. The number of carbonyl (C=O) groups excluding carboxylic acids is 1. The topological polar surface area (TPSA) is 59.6 Å². The SMILES string of the molecule is CCCOc1cc(Br)c(CNc2ccc(NC(C)=O)cc2)cc1OCC. The Balaban J connectivity index is 2.08. The van der Waals surface area contributed by atoms with Gasteiger partial charge in [0.1, 0.15) is 0 Å². The maximum atomic E-state index is 11.1. The van der Waals surface area contributed by atoms with Crippen LogP contribution < -0.4 is 20.1 Å². The zero-order chi connectivity index (χ0) is 18.9. The molecule has 0 aromatic heterocycles. The van der Waals surface area contributed by atoms with E-state index in [4.69, 9.17) is 9.47 Å². The monoisotopic (exact) mass is 420 g/mol. The number of carbonyl (C=O) groups is 1. The smallest absolute Gasteiger partial charge is 0.221 e. The Hall–Kier alpha value is -2.21. The number of rotatable bonds is 9. The van der Waals surface area contributed by atoms with Crippen molar-refractivity contribution in [3.05, 3.63) is 46.4 Å². The minimum absolute atomic E-state index is 0.0801. The molecule has 0 radical (unpaired) electrons. The van der Waals surface area contributed by atoms with Gasteiger partial charge in [-0.2, -0.15) is 0 Å². The van der Waals surface area contributed by atoms with Crippen LogP contribution in [0.4, 0.5) is 11.4 Å². The third-order valence-electron chi connectivity index (χ3n) is 3.56. The van der Waals surface area contributed by atoms with Crippen LogP contribution in [-0.2, 0) is 11.3 Å². The van der Waals surface area contributed by atoms with E-state index in [2.05, 4.69) is 33.5 Å². The number of hydrogen-bond acceptors (Lipinski definition) is 4. The summed E-state index contributed by atoms with van der Waals surface area (Å²) in [5.41, 5.74) is 2.82. The van der Waals surface area contributed by atoms with E-state index in [1.165, 1.54) is 6.92 Å². The molecule has 0 unspecified atom stereocenters. The quantitative estimate of drug-likeness (QED) is 0.584. The number of amides is 1. The molecule has 6 heteroatoms. The van der Waals surface area contributed by atoms with Crippen molar-refractivity contribution in [1.82, 2.24) is 0 Å². The number of nitrogens with one attached hydrogen (secondary N) is 2. The minimum Gasteiger partial charge on any atom is -0.490 e. The van der Waals surface area contributed by atoms with Crippen LogP contribution in [0.5, 0.6) is 11.5 Å². The van der Waals surface area contributed by atoms with Crippen LogP contribution in [0.1, 0.15) is 32.8 Å².